The van der Waals surface area contributed by atoms with Crippen LogP contribution in [0.25, 0.3) is 0 Å². The molecule has 0 heterocycles. The van der Waals surface area contributed by atoms with Crippen LogP contribution in [0.1, 0.15) is 14.0 Å². The molecular weight excluding hydrogens is 227 g/mol. The van der Waals surface area contributed by atoms with E-state index in [9.17, 15) is 0 Å². The van der Waals surface area contributed by atoms with Crippen molar-refractivity contribution in [3.8, 4) is 5.75 Å². The third-order valence-electron chi connectivity index (χ3n) is 2.77. The van der Waals surface area contributed by atoms with E-state index in [1.54, 1.807) is 18.2 Å². The average molecular weight is 246 g/mol. The number of aryl methyl sites for hydroxylation is 1. The fraction of sp³-hybridized carbons (Fsp3) is 0.143. The van der Waals surface area contributed by atoms with Gasteiger partial charge in [0.2, 0.25) is 0 Å². The summed E-state index contributed by atoms with van der Waals surface area (Å²) in [6.07, 6.45) is 0. The van der Waals surface area contributed by atoms with Crippen molar-refractivity contribution >= 4 is 12.6 Å². The molecular formula is C14H19BO3. The highest BCUT2D eigenvalue weighted by atomic mass is 16.5. The minimum absolute atomic E-state index is 0. The Labute approximate surface area is 110 Å². The molecule has 0 aromatic heterocycles. The molecule has 0 saturated heterocycles. The molecule has 0 aliphatic rings. The van der Waals surface area contributed by atoms with Crippen LogP contribution in [0, 0.1) is 6.92 Å². The van der Waals surface area contributed by atoms with Gasteiger partial charge in [0.1, 0.15) is 12.4 Å². The van der Waals surface area contributed by atoms with Crippen molar-refractivity contribution in [2.45, 2.75) is 13.5 Å². The first kappa shape index (κ1) is 12.7. The summed E-state index contributed by atoms with van der Waals surface area (Å²) in [7, 11) is -1.44. The van der Waals surface area contributed by atoms with E-state index in [1.807, 2.05) is 37.3 Å². The molecule has 0 saturated carbocycles. The molecule has 3 nitrogen and oxygen atoms in total. The van der Waals surface area contributed by atoms with Gasteiger partial charge in [-0.15, -0.1) is 0 Å². The van der Waals surface area contributed by atoms with Crippen LogP contribution < -0.4 is 10.2 Å². The second kappa shape index (κ2) is 5.71. The first-order valence-electron chi connectivity index (χ1n) is 5.80. The number of hydrogen-bond donors (Lipinski definition) is 2. The number of rotatable bonds is 4. The van der Waals surface area contributed by atoms with E-state index in [4.69, 9.17) is 14.8 Å². The molecule has 0 bridgehead atoms. The number of benzene rings is 2. The maximum atomic E-state index is 9.12. The quantitative estimate of drug-likeness (QED) is 0.808. The highest BCUT2D eigenvalue weighted by Crippen LogP contribution is 2.13. The summed E-state index contributed by atoms with van der Waals surface area (Å²) in [6, 6.07) is 15.1. The van der Waals surface area contributed by atoms with Crippen molar-refractivity contribution in [3.63, 3.8) is 0 Å². The molecule has 0 aliphatic heterocycles. The van der Waals surface area contributed by atoms with E-state index in [0.29, 0.717) is 12.1 Å². The topological polar surface area (TPSA) is 49.7 Å². The van der Waals surface area contributed by atoms with Gasteiger partial charge in [-0.3, -0.25) is 0 Å². The fourth-order valence-electron chi connectivity index (χ4n) is 1.77. The van der Waals surface area contributed by atoms with E-state index in [1.165, 1.54) is 0 Å². The van der Waals surface area contributed by atoms with Crippen LogP contribution in [-0.2, 0) is 6.61 Å². The third-order valence-corrected chi connectivity index (χ3v) is 2.77. The lowest BCUT2D eigenvalue weighted by Crippen LogP contribution is -2.31. The van der Waals surface area contributed by atoms with Gasteiger partial charge in [-0.25, -0.2) is 0 Å². The Kier molecular flexibility index (Phi) is 4.02. The highest BCUT2D eigenvalue weighted by Gasteiger charge is 2.13. The Balaban J connectivity index is 0.00000180. The van der Waals surface area contributed by atoms with Crippen molar-refractivity contribution in [1.82, 2.24) is 0 Å². The molecule has 0 fully saturated rings. The largest absolute Gasteiger partial charge is 0.489 e. The molecule has 0 atom stereocenters. The zero-order chi connectivity index (χ0) is 13.0. The molecule has 4 heteroatoms. The summed E-state index contributed by atoms with van der Waals surface area (Å²) in [6.45, 7) is 2.32. The molecule has 2 aromatic rings. The van der Waals surface area contributed by atoms with Gasteiger partial charge in [-0.2, -0.15) is 0 Å². The van der Waals surface area contributed by atoms with Crippen molar-refractivity contribution in [2.75, 3.05) is 0 Å². The molecule has 0 radical (unpaired) electrons. The third kappa shape index (κ3) is 3.12. The Morgan fingerprint density at radius 3 is 2.44 bits per heavy atom. The van der Waals surface area contributed by atoms with Crippen LogP contribution >= 0.6 is 0 Å². The minimum Gasteiger partial charge on any atom is -0.489 e. The van der Waals surface area contributed by atoms with E-state index in [-0.39, 0.29) is 2.85 Å². The summed E-state index contributed by atoms with van der Waals surface area (Å²) in [4.78, 5) is 0. The lowest BCUT2D eigenvalue weighted by atomic mass is 9.77. The molecule has 18 heavy (non-hydrogen) atoms. The zero-order valence-corrected chi connectivity index (χ0v) is 10.2. The van der Waals surface area contributed by atoms with Gasteiger partial charge in [0.15, 0.2) is 0 Å². The SMILES string of the molecule is Cc1cc(OCc2ccccc2)ccc1B(O)O.[HH].[HH]. The Morgan fingerprint density at radius 1 is 1.11 bits per heavy atom. The molecule has 0 aliphatic carbocycles. The smallest absolute Gasteiger partial charge is 0.488 e. The molecule has 0 spiro atoms. The molecule has 96 valence electrons. The first-order chi connectivity index (χ1) is 8.66. The summed E-state index contributed by atoms with van der Waals surface area (Å²) in [5.74, 6) is 0.723. The fourth-order valence-corrected chi connectivity index (χ4v) is 1.77. The summed E-state index contributed by atoms with van der Waals surface area (Å²) < 4.78 is 5.64. The maximum absolute atomic E-state index is 9.12. The van der Waals surface area contributed by atoms with Crippen LogP contribution in [0.3, 0.4) is 0 Å². The predicted molar refractivity (Wildman–Crippen MR) is 76.0 cm³/mol. The van der Waals surface area contributed by atoms with Crippen molar-refractivity contribution in [2.24, 2.45) is 0 Å². The Bertz CT molecular complexity index is 521. The van der Waals surface area contributed by atoms with Crippen molar-refractivity contribution in [1.29, 1.82) is 0 Å². The van der Waals surface area contributed by atoms with Crippen LogP contribution in [0.15, 0.2) is 48.5 Å². The van der Waals surface area contributed by atoms with E-state index >= 15 is 0 Å². The number of ether oxygens (including phenoxy) is 1. The van der Waals surface area contributed by atoms with Gasteiger partial charge < -0.3 is 14.8 Å². The van der Waals surface area contributed by atoms with Gasteiger partial charge in [-0.1, -0.05) is 36.4 Å². The van der Waals surface area contributed by atoms with Gasteiger partial charge in [-0.05, 0) is 35.6 Å². The summed E-state index contributed by atoms with van der Waals surface area (Å²) in [5.41, 5.74) is 2.40. The predicted octanol–water partition coefficient (Wildman–Crippen LogP) is 1.75. The maximum Gasteiger partial charge on any atom is 0.488 e. The van der Waals surface area contributed by atoms with E-state index in [0.717, 1.165) is 16.9 Å². The van der Waals surface area contributed by atoms with Gasteiger partial charge in [0.25, 0.3) is 0 Å². The number of hydrogen-bond acceptors (Lipinski definition) is 3. The molecule has 2 aromatic carbocycles. The monoisotopic (exact) mass is 246 g/mol. The second-order valence-electron chi connectivity index (χ2n) is 4.17. The molecule has 0 amide bonds. The Hall–Kier alpha value is -1.78. The lowest BCUT2D eigenvalue weighted by molar-refractivity contribution is 0.306. The van der Waals surface area contributed by atoms with Gasteiger partial charge in [0, 0.05) is 2.85 Å². The van der Waals surface area contributed by atoms with Crippen LogP contribution in [-0.4, -0.2) is 17.2 Å². The van der Waals surface area contributed by atoms with Crippen LogP contribution in [0.2, 0.25) is 0 Å². The van der Waals surface area contributed by atoms with E-state index in [2.05, 4.69) is 0 Å². The second-order valence-corrected chi connectivity index (χ2v) is 4.17. The van der Waals surface area contributed by atoms with Crippen molar-refractivity contribution < 1.29 is 17.6 Å². The highest BCUT2D eigenvalue weighted by molar-refractivity contribution is 6.59. The lowest BCUT2D eigenvalue weighted by Gasteiger charge is -2.09. The zero-order valence-electron chi connectivity index (χ0n) is 10.2. The first-order valence-corrected chi connectivity index (χ1v) is 5.80. The molecule has 0 unspecified atom stereocenters. The van der Waals surface area contributed by atoms with Crippen LogP contribution in [0.5, 0.6) is 5.75 Å². The van der Waals surface area contributed by atoms with Crippen molar-refractivity contribution in [3.05, 3.63) is 59.7 Å². The molecule has 2 N–H and O–H groups in total. The summed E-state index contributed by atoms with van der Waals surface area (Å²) in [5, 5.41) is 18.2. The Morgan fingerprint density at radius 2 is 1.83 bits per heavy atom. The van der Waals surface area contributed by atoms with Gasteiger partial charge >= 0.3 is 7.12 Å². The minimum atomic E-state index is -1.44. The molecule has 2 rings (SSSR count). The van der Waals surface area contributed by atoms with E-state index < -0.39 is 7.12 Å². The summed E-state index contributed by atoms with van der Waals surface area (Å²) >= 11 is 0. The van der Waals surface area contributed by atoms with Crippen LogP contribution in [0.4, 0.5) is 0 Å². The normalized spacial score (nSPS) is 10.2. The van der Waals surface area contributed by atoms with Gasteiger partial charge in [0.05, 0.1) is 0 Å². The standard InChI is InChI=1S/C14H15BO3.2H2/c1-11-9-13(7-8-14(11)15(16)17)18-10-12-5-3-2-4-6-12;;/h2-9,16-17H,10H2,1H3;2*1H. The average Bonchev–Trinajstić information content (AvgIpc) is 2.37.